The second kappa shape index (κ2) is 6.57. The zero-order chi connectivity index (χ0) is 11.1. The second-order valence-corrected chi connectivity index (χ2v) is 10.8. The number of unbranched alkanes of at least 4 members (excludes halogenated alkanes) is 3. The Balaban J connectivity index is 2.45. The van der Waals surface area contributed by atoms with E-state index in [1.165, 1.54) is 19.3 Å². The molecule has 0 bridgehead atoms. The van der Waals surface area contributed by atoms with Crippen molar-refractivity contribution < 1.29 is 0 Å². The number of rotatable bonds is 6. The smallest absolute Gasteiger partial charge is 0.140 e. The predicted molar refractivity (Wildman–Crippen MR) is 72.5 cm³/mol. The van der Waals surface area contributed by atoms with Crippen LogP contribution >= 0.6 is 22.2 Å². The molecule has 84 valence electrons. The lowest BCUT2D eigenvalue weighted by Crippen LogP contribution is -2.35. The van der Waals surface area contributed by atoms with Gasteiger partial charge in [0, 0.05) is 0 Å². The van der Waals surface area contributed by atoms with Crippen LogP contribution in [0.1, 0.15) is 32.6 Å². The van der Waals surface area contributed by atoms with Gasteiger partial charge in [-0.1, -0.05) is 62.9 Å². The number of hydrogen-bond acceptors (Lipinski definition) is 0. The lowest BCUT2D eigenvalue weighted by atomic mass is 10.2. The molecule has 0 amide bonds. The summed E-state index contributed by atoms with van der Waals surface area (Å²) in [5.74, 6) is 0. The quantitative estimate of drug-likeness (QED) is 0.404. The molecule has 0 aliphatic rings. The molecule has 0 nitrogen and oxygen atoms in total. The summed E-state index contributed by atoms with van der Waals surface area (Å²) in [6.45, 7) is 0.0266. The maximum atomic E-state index is 6.44. The highest BCUT2D eigenvalue weighted by molar-refractivity contribution is 7.50. The molecule has 3 heteroatoms. The van der Waals surface area contributed by atoms with Gasteiger partial charge in [0.05, 0.1) is 0 Å². The van der Waals surface area contributed by atoms with E-state index in [0.29, 0.717) is 0 Å². The molecule has 0 aliphatic carbocycles. The third kappa shape index (κ3) is 4.58. The van der Waals surface area contributed by atoms with E-state index in [4.69, 9.17) is 22.2 Å². The van der Waals surface area contributed by atoms with E-state index in [1.807, 2.05) is 30.3 Å². The normalized spacial score (nSPS) is 11.7. The average molecular weight is 261 g/mol. The lowest BCUT2D eigenvalue weighted by molar-refractivity contribution is 0.700. The highest BCUT2D eigenvalue weighted by Crippen LogP contribution is 2.23. The molecule has 0 aliphatic heterocycles. The van der Waals surface area contributed by atoms with E-state index in [9.17, 15) is 0 Å². The van der Waals surface area contributed by atoms with Gasteiger partial charge in [-0.3, -0.25) is 0 Å². The fraction of sp³-hybridized carbons (Fsp3) is 0.500. The van der Waals surface area contributed by atoms with Crippen molar-refractivity contribution in [3.63, 3.8) is 0 Å². The van der Waals surface area contributed by atoms with Gasteiger partial charge >= 0.3 is 0 Å². The SMILES string of the molecule is CCCCCC[Si](Cl)(Cl)c1ccccc1. The molecule has 0 saturated heterocycles. The largest absolute Gasteiger partial charge is 0.280 e. The molecule has 1 aromatic carbocycles. The van der Waals surface area contributed by atoms with Crippen molar-refractivity contribution in [3.05, 3.63) is 30.3 Å². The molecular weight excluding hydrogens is 243 g/mol. The zero-order valence-electron chi connectivity index (χ0n) is 9.18. The van der Waals surface area contributed by atoms with Crippen LogP contribution in [-0.2, 0) is 0 Å². The summed E-state index contributed by atoms with van der Waals surface area (Å²) in [4.78, 5) is 0. The van der Waals surface area contributed by atoms with Crippen LogP contribution in [-0.4, -0.2) is 6.69 Å². The van der Waals surface area contributed by atoms with Gasteiger partial charge in [-0.25, -0.2) is 0 Å². The second-order valence-electron chi connectivity index (χ2n) is 3.88. The average Bonchev–Trinajstić information content (AvgIpc) is 2.26. The summed E-state index contributed by atoms with van der Waals surface area (Å²) in [5, 5.41) is 1.14. The summed E-state index contributed by atoms with van der Waals surface area (Å²) in [7, 11) is 0. The zero-order valence-corrected chi connectivity index (χ0v) is 11.7. The van der Waals surface area contributed by atoms with E-state index in [-0.39, 0.29) is 0 Å². The first-order chi connectivity index (χ1) is 7.17. The van der Waals surface area contributed by atoms with Crippen molar-refractivity contribution in [2.24, 2.45) is 0 Å². The van der Waals surface area contributed by atoms with E-state index in [1.54, 1.807) is 0 Å². The summed E-state index contributed by atoms with van der Waals surface area (Å²) in [5.41, 5.74) is 0. The summed E-state index contributed by atoms with van der Waals surface area (Å²) in [6.07, 6.45) is 4.94. The Morgan fingerprint density at radius 1 is 1.00 bits per heavy atom. The van der Waals surface area contributed by atoms with Gasteiger partial charge in [-0.15, -0.1) is 22.2 Å². The standard InChI is InChI=1S/C12H18Cl2Si/c1-2-3-4-8-11-15(13,14)12-9-6-5-7-10-12/h5-7,9-10H,2-4,8,11H2,1H3. The first-order valence-corrected chi connectivity index (χ1v) is 9.83. The minimum atomic E-state index is -2.18. The van der Waals surface area contributed by atoms with Gasteiger partial charge in [0.15, 0.2) is 0 Å². The molecule has 1 aromatic rings. The Hall–Kier alpha value is 0.0169. The molecule has 0 aromatic heterocycles. The summed E-state index contributed by atoms with van der Waals surface area (Å²) < 4.78 is 0. The van der Waals surface area contributed by atoms with Gasteiger partial charge in [0.2, 0.25) is 0 Å². The van der Waals surface area contributed by atoms with E-state index >= 15 is 0 Å². The predicted octanol–water partition coefficient (Wildman–Crippen LogP) is 4.39. The van der Waals surface area contributed by atoms with Crippen LogP contribution in [0.2, 0.25) is 6.04 Å². The Labute approximate surface area is 103 Å². The molecule has 0 unspecified atom stereocenters. The highest BCUT2D eigenvalue weighted by Gasteiger charge is 2.29. The molecule has 0 heterocycles. The molecule has 0 atom stereocenters. The van der Waals surface area contributed by atoms with E-state index in [2.05, 4.69) is 6.92 Å². The van der Waals surface area contributed by atoms with Crippen LogP contribution in [0.4, 0.5) is 0 Å². The van der Waals surface area contributed by atoms with Gasteiger partial charge < -0.3 is 0 Å². The number of benzene rings is 1. The van der Waals surface area contributed by atoms with Gasteiger partial charge in [0.1, 0.15) is 0 Å². The van der Waals surface area contributed by atoms with Crippen LogP contribution in [0.15, 0.2) is 30.3 Å². The number of halogens is 2. The fourth-order valence-corrected chi connectivity index (χ4v) is 4.82. The molecule has 0 fully saturated rings. The van der Waals surface area contributed by atoms with Crippen molar-refractivity contribution in [1.29, 1.82) is 0 Å². The topological polar surface area (TPSA) is 0 Å². The van der Waals surface area contributed by atoms with Gasteiger partial charge in [0.25, 0.3) is 6.69 Å². The van der Waals surface area contributed by atoms with Crippen molar-refractivity contribution in [2.45, 2.75) is 38.7 Å². The highest BCUT2D eigenvalue weighted by atomic mass is 35.7. The first-order valence-electron chi connectivity index (χ1n) is 5.60. The maximum absolute atomic E-state index is 6.44. The Morgan fingerprint density at radius 3 is 2.27 bits per heavy atom. The van der Waals surface area contributed by atoms with Crippen molar-refractivity contribution in [3.8, 4) is 0 Å². The van der Waals surface area contributed by atoms with Crippen LogP contribution in [0.3, 0.4) is 0 Å². The summed E-state index contributed by atoms with van der Waals surface area (Å²) in [6, 6.07) is 11.1. The third-order valence-corrected chi connectivity index (χ3v) is 7.14. The molecular formula is C12H18Cl2Si. The summed E-state index contributed by atoms with van der Waals surface area (Å²) >= 11 is 12.9. The van der Waals surface area contributed by atoms with E-state index < -0.39 is 6.69 Å². The van der Waals surface area contributed by atoms with Crippen molar-refractivity contribution >= 4 is 34.0 Å². The Kier molecular flexibility index (Phi) is 5.73. The molecule has 0 spiro atoms. The first kappa shape index (κ1) is 13.1. The minimum Gasteiger partial charge on any atom is -0.140 e. The molecule has 1 rings (SSSR count). The fourth-order valence-electron chi connectivity index (χ4n) is 1.60. The number of hydrogen-bond donors (Lipinski definition) is 0. The van der Waals surface area contributed by atoms with Gasteiger partial charge in [-0.2, -0.15) is 0 Å². The Bertz CT molecular complexity index is 272. The molecule has 0 radical (unpaired) electrons. The van der Waals surface area contributed by atoms with Crippen LogP contribution in [0, 0.1) is 0 Å². The van der Waals surface area contributed by atoms with Crippen molar-refractivity contribution in [2.75, 3.05) is 0 Å². The molecule has 0 saturated carbocycles. The third-order valence-electron chi connectivity index (χ3n) is 2.54. The van der Waals surface area contributed by atoms with E-state index in [0.717, 1.165) is 17.7 Å². The maximum Gasteiger partial charge on any atom is 0.280 e. The van der Waals surface area contributed by atoms with Gasteiger partial charge in [-0.05, 0) is 11.2 Å². The minimum absolute atomic E-state index is 0.972. The lowest BCUT2D eigenvalue weighted by Gasteiger charge is -2.16. The molecule has 15 heavy (non-hydrogen) atoms. The monoisotopic (exact) mass is 260 g/mol. The Morgan fingerprint density at radius 2 is 1.67 bits per heavy atom. The van der Waals surface area contributed by atoms with Crippen LogP contribution in [0.5, 0.6) is 0 Å². The molecule has 0 N–H and O–H groups in total. The van der Waals surface area contributed by atoms with Crippen molar-refractivity contribution in [1.82, 2.24) is 0 Å². The van der Waals surface area contributed by atoms with Crippen LogP contribution in [0.25, 0.3) is 0 Å². The van der Waals surface area contributed by atoms with Crippen LogP contribution < -0.4 is 5.19 Å².